The van der Waals surface area contributed by atoms with Gasteiger partial charge in [0.25, 0.3) is 0 Å². The van der Waals surface area contributed by atoms with E-state index in [9.17, 15) is 5.11 Å². The average molecular weight is 365 g/mol. The van der Waals surface area contributed by atoms with Gasteiger partial charge in [-0.25, -0.2) is 0 Å². The van der Waals surface area contributed by atoms with Gasteiger partial charge in [0.1, 0.15) is 12.4 Å². The molecule has 0 bridgehead atoms. The quantitative estimate of drug-likeness (QED) is 0.701. The third-order valence-corrected chi connectivity index (χ3v) is 5.25. The van der Waals surface area contributed by atoms with Gasteiger partial charge in [-0.15, -0.1) is 11.3 Å². The maximum Gasteiger partial charge on any atom is 0.129 e. The van der Waals surface area contributed by atoms with Crippen LogP contribution in [0.2, 0.25) is 0 Å². The van der Waals surface area contributed by atoms with Gasteiger partial charge in [0.15, 0.2) is 0 Å². The molecule has 0 amide bonds. The summed E-state index contributed by atoms with van der Waals surface area (Å²) in [5.41, 5.74) is 0. The Morgan fingerprint density at radius 3 is 3.00 bits per heavy atom. The van der Waals surface area contributed by atoms with E-state index in [0.717, 1.165) is 38.3 Å². The Kier molecular flexibility index (Phi) is 7.07. The van der Waals surface area contributed by atoms with Crippen LogP contribution in [0.15, 0.2) is 34.9 Å². The first kappa shape index (κ1) is 18.6. The summed E-state index contributed by atoms with van der Waals surface area (Å²) in [5.74, 6) is 0.775. The van der Waals surface area contributed by atoms with E-state index in [1.54, 1.807) is 6.26 Å². The van der Waals surface area contributed by atoms with Crippen LogP contribution in [0, 0.1) is 6.92 Å². The number of aryl methyl sites for hydroxylation is 1. The van der Waals surface area contributed by atoms with E-state index in [1.807, 2.05) is 23.5 Å². The number of aliphatic hydroxyl groups is 1. The van der Waals surface area contributed by atoms with Gasteiger partial charge < -0.3 is 19.0 Å². The summed E-state index contributed by atoms with van der Waals surface area (Å²) in [5, 5.41) is 10.4. The summed E-state index contributed by atoms with van der Waals surface area (Å²) >= 11 is 1.81. The molecule has 0 unspecified atom stereocenters. The second kappa shape index (κ2) is 9.50. The van der Waals surface area contributed by atoms with Gasteiger partial charge in [0.2, 0.25) is 0 Å². The molecule has 1 fully saturated rings. The van der Waals surface area contributed by atoms with Crippen molar-refractivity contribution in [3.8, 4) is 0 Å². The van der Waals surface area contributed by atoms with E-state index in [2.05, 4.69) is 24.0 Å². The van der Waals surface area contributed by atoms with Crippen LogP contribution in [0.1, 0.15) is 28.4 Å². The van der Waals surface area contributed by atoms with E-state index >= 15 is 0 Å². The van der Waals surface area contributed by atoms with Gasteiger partial charge >= 0.3 is 0 Å². The van der Waals surface area contributed by atoms with Gasteiger partial charge in [-0.3, -0.25) is 4.90 Å². The summed E-state index contributed by atoms with van der Waals surface area (Å²) in [7, 11) is 0. The molecule has 1 aliphatic heterocycles. The Morgan fingerprint density at radius 1 is 1.40 bits per heavy atom. The van der Waals surface area contributed by atoms with Gasteiger partial charge in [-0.05, 0) is 44.0 Å². The van der Waals surface area contributed by atoms with Crippen LogP contribution in [0.4, 0.5) is 0 Å². The van der Waals surface area contributed by atoms with Gasteiger partial charge in [-0.2, -0.15) is 0 Å². The lowest BCUT2D eigenvalue weighted by molar-refractivity contribution is -0.00616. The topological polar surface area (TPSA) is 55.1 Å². The third-order valence-electron chi connectivity index (χ3n) is 4.26. The monoisotopic (exact) mass is 365 g/mol. The Labute approximate surface area is 153 Å². The minimum atomic E-state index is -0.530. The maximum atomic E-state index is 10.4. The molecule has 3 rings (SSSR count). The molecule has 2 aromatic heterocycles. The minimum Gasteiger partial charge on any atom is -0.467 e. The van der Waals surface area contributed by atoms with Crippen LogP contribution in [-0.4, -0.2) is 48.5 Å². The third kappa shape index (κ3) is 6.24. The molecule has 2 atom stereocenters. The molecule has 5 nitrogen and oxygen atoms in total. The summed E-state index contributed by atoms with van der Waals surface area (Å²) < 4.78 is 16.6. The predicted octanol–water partition coefficient (Wildman–Crippen LogP) is 3.21. The Bertz CT molecular complexity index is 607. The second-order valence-corrected chi connectivity index (χ2v) is 7.96. The first-order valence-corrected chi connectivity index (χ1v) is 9.68. The van der Waals surface area contributed by atoms with Crippen molar-refractivity contribution in [2.24, 2.45) is 0 Å². The lowest BCUT2D eigenvalue weighted by atomic mass is 10.2. The van der Waals surface area contributed by atoms with E-state index < -0.39 is 6.10 Å². The molecule has 25 heavy (non-hydrogen) atoms. The van der Waals surface area contributed by atoms with Gasteiger partial charge in [0.05, 0.1) is 25.1 Å². The van der Waals surface area contributed by atoms with E-state index in [4.69, 9.17) is 13.9 Å². The van der Waals surface area contributed by atoms with Crippen LogP contribution in [0.5, 0.6) is 0 Å². The number of aliphatic hydroxyl groups excluding tert-OH is 1. The van der Waals surface area contributed by atoms with Crippen LogP contribution < -0.4 is 0 Å². The van der Waals surface area contributed by atoms with Gasteiger partial charge in [-0.1, -0.05) is 0 Å². The second-order valence-electron chi connectivity index (χ2n) is 6.59. The molecule has 138 valence electrons. The highest BCUT2D eigenvalue weighted by Crippen LogP contribution is 2.20. The Hall–Kier alpha value is -1.18. The van der Waals surface area contributed by atoms with Crippen molar-refractivity contribution in [1.29, 1.82) is 0 Å². The molecule has 2 aromatic rings. The number of furan rings is 1. The molecule has 0 aliphatic carbocycles. The Balaban J connectivity index is 1.48. The lowest BCUT2D eigenvalue weighted by Crippen LogP contribution is -2.38. The highest BCUT2D eigenvalue weighted by molar-refractivity contribution is 7.11. The van der Waals surface area contributed by atoms with Crippen molar-refractivity contribution in [2.75, 3.05) is 26.3 Å². The molecule has 1 aliphatic rings. The largest absolute Gasteiger partial charge is 0.467 e. The molecule has 0 aromatic carbocycles. The highest BCUT2D eigenvalue weighted by atomic mass is 32.1. The maximum absolute atomic E-state index is 10.4. The SMILES string of the molecule is Cc1ccc(CN(C[C@@H](O)COCc2ccco2)C[C@H]2CCCO2)s1. The van der Waals surface area contributed by atoms with E-state index in [0.29, 0.717) is 19.8 Å². The summed E-state index contributed by atoms with van der Waals surface area (Å²) in [6.07, 6.45) is 3.60. The molecule has 0 radical (unpaired) electrons. The summed E-state index contributed by atoms with van der Waals surface area (Å²) in [6.45, 7) is 5.93. The van der Waals surface area contributed by atoms with Gasteiger partial charge in [0, 0.05) is 36.0 Å². The minimum absolute atomic E-state index is 0.275. The van der Waals surface area contributed by atoms with Crippen molar-refractivity contribution < 1.29 is 19.0 Å². The number of hydrogen-bond acceptors (Lipinski definition) is 6. The summed E-state index contributed by atoms with van der Waals surface area (Å²) in [4.78, 5) is 4.91. The molecular weight excluding hydrogens is 338 g/mol. The van der Waals surface area contributed by atoms with Crippen molar-refractivity contribution in [2.45, 2.75) is 45.1 Å². The van der Waals surface area contributed by atoms with Crippen molar-refractivity contribution in [3.05, 3.63) is 46.0 Å². The zero-order valence-electron chi connectivity index (χ0n) is 14.7. The first-order valence-electron chi connectivity index (χ1n) is 8.86. The molecule has 1 N–H and O–H groups in total. The lowest BCUT2D eigenvalue weighted by Gasteiger charge is -2.27. The van der Waals surface area contributed by atoms with E-state index in [-0.39, 0.29) is 6.10 Å². The highest BCUT2D eigenvalue weighted by Gasteiger charge is 2.21. The smallest absolute Gasteiger partial charge is 0.129 e. The fourth-order valence-corrected chi connectivity index (χ4v) is 4.04. The standard InChI is InChI=1S/C19H27NO4S/c1-15-6-7-19(25-15)12-20(11-17-4-2-8-23-17)10-16(21)13-22-14-18-5-3-9-24-18/h3,5-7,9,16-17,21H,2,4,8,10-14H2,1H3/t16-,17-/m1/s1. The number of nitrogens with zero attached hydrogens (tertiary/aromatic N) is 1. The average Bonchev–Trinajstić information content (AvgIpc) is 3.31. The van der Waals surface area contributed by atoms with Crippen molar-refractivity contribution in [3.63, 3.8) is 0 Å². The molecule has 6 heteroatoms. The number of rotatable bonds is 10. The zero-order valence-corrected chi connectivity index (χ0v) is 15.5. The number of ether oxygens (including phenoxy) is 2. The van der Waals surface area contributed by atoms with Crippen molar-refractivity contribution in [1.82, 2.24) is 4.90 Å². The zero-order chi connectivity index (χ0) is 17.5. The Morgan fingerprint density at radius 2 is 2.32 bits per heavy atom. The van der Waals surface area contributed by atoms with Crippen LogP contribution in [-0.2, 0) is 22.6 Å². The van der Waals surface area contributed by atoms with Crippen LogP contribution in [0.25, 0.3) is 0 Å². The first-order chi connectivity index (χ1) is 12.2. The van der Waals surface area contributed by atoms with Crippen LogP contribution in [0.3, 0.4) is 0 Å². The molecule has 0 spiro atoms. The molecule has 1 saturated heterocycles. The fourth-order valence-electron chi connectivity index (χ4n) is 3.11. The fraction of sp³-hybridized carbons (Fsp3) is 0.579. The summed E-state index contributed by atoms with van der Waals surface area (Å²) in [6, 6.07) is 8.02. The molecule has 0 saturated carbocycles. The molecule has 3 heterocycles. The van der Waals surface area contributed by atoms with E-state index in [1.165, 1.54) is 9.75 Å². The predicted molar refractivity (Wildman–Crippen MR) is 97.7 cm³/mol. The number of hydrogen-bond donors (Lipinski definition) is 1. The van der Waals surface area contributed by atoms with Crippen molar-refractivity contribution >= 4 is 11.3 Å². The number of thiophene rings is 1. The normalized spacial score (nSPS) is 18.9. The van der Waals surface area contributed by atoms with Crippen LogP contribution >= 0.6 is 11.3 Å². The molecular formula is C19H27NO4S.